The number of amides is 3. The number of rotatable bonds is 9. The van der Waals surface area contributed by atoms with E-state index in [1.54, 1.807) is 23.0 Å². The van der Waals surface area contributed by atoms with Crippen molar-refractivity contribution in [3.8, 4) is 0 Å². The lowest BCUT2D eigenvalue weighted by Crippen LogP contribution is -2.33. The van der Waals surface area contributed by atoms with E-state index in [1.165, 1.54) is 35.5 Å². The van der Waals surface area contributed by atoms with Gasteiger partial charge in [0.15, 0.2) is 0 Å². The average Bonchev–Trinajstić information content (AvgIpc) is 3.58. The highest BCUT2D eigenvalue weighted by molar-refractivity contribution is 7.09. The summed E-state index contributed by atoms with van der Waals surface area (Å²) >= 11 is 2.95. The van der Waals surface area contributed by atoms with E-state index < -0.39 is 0 Å². The fourth-order valence-corrected chi connectivity index (χ4v) is 5.11. The van der Waals surface area contributed by atoms with E-state index in [9.17, 15) is 9.59 Å². The minimum Gasteiger partial charge on any atom is -0.396 e. The fraction of sp³-hybridized carbons (Fsp3) is 0.348. The smallest absolute Gasteiger partial charge is 0.319 e. The summed E-state index contributed by atoms with van der Waals surface area (Å²) in [6.45, 7) is 3.31. The van der Waals surface area contributed by atoms with Crippen LogP contribution in [0.2, 0.25) is 0 Å². The summed E-state index contributed by atoms with van der Waals surface area (Å²) in [5, 5.41) is 16.1. The van der Waals surface area contributed by atoms with Crippen LogP contribution in [0.5, 0.6) is 0 Å². The van der Waals surface area contributed by atoms with Gasteiger partial charge in [-0.3, -0.25) is 9.78 Å². The number of anilines is 3. The van der Waals surface area contributed by atoms with Crippen molar-refractivity contribution in [1.29, 1.82) is 0 Å². The number of nitrogens with one attached hydrogen (secondary N) is 3. The standard InChI is InChI=1S/C23H28N6O2S2/c24-18-14-33-15-21(18)27-22(30)20-6-5-16(12-25-20)19(4-3-10-29-8-1-2-9-29)28-23(31)26-17-7-11-32-13-17/h5-7,11-15,19H,1-4,8-10,24H2,(H,27,30)(H2,26,28,31). The highest BCUT2D eigenvalue weighted by atomic mass is 32.1. The van der Waals surface area contributed by atoms with Crippen LogP contribution in [0.4, 0.5) is 21.9 Å². The number of carbonyl (C=O) groups excluding carboxylic acids is 2. The Hall–Kier alpha value is -2.95. The van der Waals surface area contributed by atoms with Crippen LogP contribution in [0.3, 0.4) is 0 Å². The Morgan fingerprint density at radius 1 is 1.09 bits per heavy atom. The second-order valence-electron chi connectivity index (χ2n) is 8.03. The molecular formula is C23H28N6O2S2. The summed E-state index contributed by atoms with van der Waals surface area (Å²) in [5.74, 6) is -0.319. The summed E-state index contributed by atoms with van der Waals surface area (Å²) in [4.78, 5) is 31.9. The molecule has 1 aliphatic heterocycles. The monoisotopic (exact) mass is 484 g/mol. The van der Waals surface area contributed by atoms with Gasteiger partial charge in [-0.2, -0.15) is 11.3 Å². The first-order chi connectivity index (χ1) is 16.1. The molecule has 4 heterocycles. The molecular weight excluding hydrogens is 456 g/mol. The molecule has 174 valence electrons. The Morgan fingerprint density at radius 3 is 2.61 bits per heavy atom. The number of nitrogens with two attached hydrogens (primary N) is 1. The Balaban J connectivity index is 1.40. The van der Waals surface area contributed by atoms with E-state index >= 15 is 0 Å². The molecule has 3 amide bonds. The Labute approximate surface area is 201 Å². The summed E-state index contributed by atoms with van der Waals surface area (Å²) in [7, 11) is 0. The zero-order valence-corrected chi connectivity index (χ0v) is 19.9. The Bertz CT molecular complexity index is 1050. The van der Waals surface area contributed by atoms with Crippen molar-refractivity contribution >= 4 is 51.7 Å². The number of hydrogen-bond donors (Lipinski definition) is 4. The van der Waals surface area contributed by atoms with Gasteiger partial charge < -0.3 is 26.6 Å². The number of likely N-dealkylation sites (tertiary alicyclic amines) is 1. The third-order valence-electron chi connectivity index (χ3n) is 5.61. The van der Waals surface area contributed by atoms with E-state index in [2.05, 4.69) is 25.8 Å². The van der Waals surface area contributed by atoms with Crippen molar-refractivity contribution in [3.63, 3.8) is 0 Å². The molecule has 10 heteroatoms. The van der Waals surface area contributed by atoms with Crippen molar-refractivity contribution in [2.45, 2.75) is 31.7 Å². The van der Waals surface area contributed by atoms with Gasteiger partial charge in [0, 0.05) is 22.3 Å². The first-order valence-corrected chi connectivity index (χ1v) is 12.9. The maximum Gasteiger partial charge on any atom is 0.319 e. The van der Waals surface area contributed by atoms with Crippen LogP contribution in [0.25, 0.3) is 0 Å². The Morgan fingerprint density at radius 2 is 1.94 bits per heavy atom. The third kappa shape index (κ3) is 6.53. The number of thiophene rings is 2. The van der Waals surface area contributed by atoms with Gasteiger partial charge in [-0.15, -0.1) is 11.3 Å². The molecule has 8 nitrogen and oxygen atoms in total. The molecule has 0 spiro atoms. The maximum absolute atomic E-state index is 12.6. The molecule has 0 bridgehead atoms. The van der Waals surface area contributed by atoms with Gasteiger partial charge in [-0.1, -0.05) is 6.07 Å². The van der Waals surface area contributed by atoms with Crippen LogP contribution >= 0.6 is 22.7 Å². The lowest BCUT2D eigenvalue weighted by Gasteiger charge is -2.21. The second kappa shape index (κ2) is 11.3. The predicted octanol–water partition coefficient (Wildman–Crippen LogP) is 4.78. The van der Waals surface area contributed by atoms with Gasteiger partial charge in [0.1, 0.15) is 5.69 Å². The van der Waals surface area contributed by atoms with Crippen LogP contribution < -0.4 is 21.7 Å². The molecule has 3 aromatic rings. The highest BCUT2D eigenvalue weighted by Crippen LogP contribution is 2.24. The van der Waals surface area contributed by atoms with Crippen molar-refractivity contribution in [2.24, 2.45) is 0 Å². The summed E-state index contributed by atoms with van der Waals surface area (Å²) in [6, 6.07) is 4.93. The van der Waals surface area contributed by atoms with Crippen LogP contribution in [-0.4, -0.2) is 41.5 Å². The van der Waals surface area contributed by atoms with Gasteiger partial charge in [-0.05, 0) is 68.4 Å². The normalized spacial score (nSPS) is 14.7. The second-order valence-corrected chi connectivity index (χ2v) is 9.55. The Kier molecular flexibility index (Phi) is 7.92. The van der Waals surface area contributed by atoms with Crippen molar-refractivity contribution in [1.82, 2.24) is 15.2 Å². The molecule has 0 aromatic carbocycles. The van der Waals surface area contributed by atoms with Crippen molar-refractivity contribution < 1.29 is 9.59 Å². The summed E-state index contributed by atoms with van der Waals surface area (Å²) in [6.07, 6.45) is 5.93. The number of aromatic nitrogens is 1. The van der Waals surface area contributed by atoms with E-state index in [4.69, 9.17) is 5.73 Å². The number of carbonyl (C=O) groups is 2. The number of nitrogen functional groups attached to an aromatic ring is 1. The molecule has 4 rings (SSSR count). The largest absolute Gasteiger partial charge is 0.396 e. The predicted molar refractivity (Wildman–Crippen MR) is 135 cm³/mol. The van der Waals surface area contributed by atoms with Crippen molar-refractivity contribution in [3.05, 3.63) is 57.2 Å². The van der Waals surface area contributed by atoms with Gasteiger partial charge in [0.05, 0.1) is 23.1 Å². The van der Waals surface area contributed by atoms with Crippen LogP contribution in [0.1, 0.15) is 47.8 Å². The van der Waals surface area contributed by atoms with Gasteiger partial charge in [0.2, 0.25) is 0 Å². The number of nitrogens with zero attached hydrogens (tertiary/aromatic N) is 2. The molecule has 1 saturated heterocycles. The molecule has 0 radical (unpaired) electrons. The highest BCUT2D eigenvalue weighted by Gasteiger charge is 2.18. The first kappa shape index (κ1) is 23.2. The average molecular weight is 485 g/mol. The molecule has 5 N–H and O–H groups in total. The lowest BCUT2D eigenvalue weighted by molar-refractivity contribution is 0.102. The van der Waals surface area contributed by atoms with Crippen molar-refractivity contribution in [2.75, 3.05) is 36.0 Å². The molecule has 1 unspecified atom stereocenters. The van der Waals surface area contributed by atoms with E-state index in [-0.39, 0.29) is 18.0 Å². The maximum atomic E-state index is 12.6. The number of pyridine rings is 1. The fourth-order valence-electron chi connectivity index (χ4n) is 3.85. The zero-order chi connectivity index (χ0) is 23.0. The molecule has 0 aliphatic carbocycles. The molecule has 1 atom stereocenters. The summed E-state index contributed by atoms with van der Waals surface area (Å²) < 4.78 is 0. The van der Waals surface area contributed by atoms with E-state index in [0.29, 0.717) is 17.1 Å². The molecule has 33 heavy (non-hydrogen) atoms. The summed E-state index contributed by atoms with van der Waals surface area (Å²) in [5.41, 5.74) is 8.89. The topological polar surface area (TPSA) is 112 Å². The third-order valence-corrected chi connectivity index (χ3v) is 7.06. The van der Waals surface area contributed by atoms with Gasteiger partial charge >= 0.3 is 6.03 Å². The quantitative estimate of drug-likeness (QED) is 0.349. The van der Waals surface area contributed by atoms with Crippen LogP contribution in [0, 0.1) is 0 Å². The SMILES string of the molecule is Nc1cscc1NC(=O)c1ccc(C(CCCN2CCCC2)NC(=O)Nc2ccsc2)cn1. The van der Waals surface area contributed by atoms with Gasteiger partial charge in [0.25, 0.3) is 5.91 Å². The number of hydrogen-bond acceptors (Lipinski definition) is 7. The lowest BCUT2D eigenvalue weighted by atomic mass is 10.0. The molecule has 1 aliphatic rings. The molecule has 3 aromatic heterocycles. The minimum absolute atomic E-state index is 0.205. The zero-order valence-electron chi connectivity index (χ0n) is 18.3. The van der Waals surface area contributed by atoms with E-state index in [1.807, 2.05) is 22.9 Å². The van der Waals surface area contributed by atoms with Crippen LogP contribution in [-0.2, 0) is 0 Å². The molecule has 0 saturated carbocycles. The first-order valence-electron chi connectivity index (χ1n) is 11.0. The minimum atomic E-state index is -0.319. The van der Waals surface area contributed by atoms with E-state index in [0.717, 1.165) is 43.7 Å². The van der Waals surface area contributed by atoms with Gasteiger partial charge in [-0.25, -0.2) is 4.79 Å². The number of urea groups is 1. The van der Waals surface area contributed by atoms with Crippen LogP contribution in [0.15, 0.2) is 45.9 Å². The molecule has 1 fully saturated rings.